The van der Waals surface area contributed by atoms with Gasteiger partial charge in [0.1, 0.15) is 5.76 Å². The van der Waals surface area contributed by atoms with E-state index < -0.39 is 0 Å². The Hall–Kier alpha value is -1.22. The van der Waals surface area contributed by atoms with Crippen molar-refractivity contribution >= 4 is 12.0 Å². The van der Waals surface area contributed by atoms with Crippen LogP contribution >= 0.6 is 0 Å². The van der Waals surface area contributed by atoms with Crippen LogP contribution in [0.1, 0.15) is 38.9 Å². The van der Waals surface area contributed by atoms with Gasteiger partial charge in [-0.05, 0) is 52.3 Å². The van der Waals surface area contributed by atoms with Gasteiger partial charge >= 0.3 is 0 Å². The van der Waals surface area contributed by atoms with Gasteiger partial charge < -0.3 is 14.6 Å². The van der Waals surface area contributed by atoms with E-state index in [4.69, 9.17) is 4.42 Å². The number of likely N-dealkylation sites (N-methyl/N-ethyl adjacent to an activating group) is 1. The van der Waals surface area contributed by atoms with Gasteiger partial charge in [-0.1, -0.05) is 5.57 Å². The van der Waals surface area contributed by atoms with Crippen molar-refractivity contribution in [1.82, 2.24) is 5.32 Å². The lowest BCUT2D eigenvalue weighted by atomic mass is 10.1. The van der Waals surface area contributed by atoms with Gasteiger partial charge in [-0.3, -0.25) is 0 Å². The molecule has 0 spiro atoms. The summed E-state index contributed by atoms with van der Waals surface area (Å²) in [5.74, 6) is 1.97. The van der Waals surface area contributed by atoms with Crippen molar-refractivity contribution in [3.8, 4) is 0 Å². The van der Waals surface area contributed by atoms with Crippen LogP contribution in [0.3, 0.4) is 0 Å². The molecule has 1 saturated heterocycles. The molecule has 3 nitrogen and oxygen atoms in total. The van der Waals surface area contributed by atoms with Crippen LogP contribution in [-0.4, -0.2) is 26.2 Å². The molecule has 1 atom stereocenters. The SMILES string of the molecule is CNC(C)/C(C)=C/c1ccc(N2CCCCC2)o1. The second-order valence-corrected chi connectivity index (χ2v) is 5.12. The maximum absolute atomic E-state index is 5.91. The molecular formula is C15H24N2O. The van der Waals surface area contributed by atoms with Gasteiger partial charge in [0.05, 0.1) is 0 Å². The van der Waals surface area contributed by atoms with E-state index in [0.717, 1.165) is 24.7 Å². The van der Waals surface area contributed by atoms with E-state index in [1.807, 2.05) is 7.05 Å². The zero-order valence-corrected chi connectivity index (χ0v) is 11.7. The smallest absolute Gasteiger partial charge is 0.196 e. The predicted molar refractivity (Wildman–Crippen MR) is 76.9 cm³/mol. The van der Waals surface area contributed by atoms with Crippen LogP contribution in [0.25, 0.3) is 6.08 Å². The van der Waals surface area contributed by atoms with E-state index in [2.05, 4.69) is 42.3 Å². The molecule has 1 aliphatic rings. The van der Waals surface area contributed by atoms with Crippen molar-refractivity contribution in [2.75, 3.05) is 25.0 Å². The molecule has 1 aliphatic heterocycles. The van der Waals surface area contributed by atoms with Gasteiger partial charge in [0, 0.05) is 25.2 Å². The van der Waals surface area contributed by atoms with E-state index in [9.17, 15) is 0 Å². The van der Waals surface area contributed by atoms with E-state index in [0.29, 0.717) is 6.04 Å². The Kier molecular flexibility index (Phi) is 4.48. The molecule has 1 unspecified atom stereocenters. The average molecular weight is 248 g/mol. The summed E-state index contributed by atoms with van der Waals surface area (Å²) >= 11 is 0. The van der Waals surface area contributed by atoms with Crippen LogP contribution in [0.4, 0.5) is 5.88 Å². The molecule has 1 aromatic heterocycles. The van der Waals surface area contributed by atoms with Crippen LogP contribution in [0, 0.1) is 0 Å². The summed E-state index contributed by atoms with van der Waals surface area (Å²) in [6.45, 7) is 6.54. The monoisotopic (exact) mass is 248 g/mol. The highest BCUT2D eigenvalue weighted by Crippen LogP contribution is 2.24. The van der Waals surface area contributed by atoms with Gasteiger partial charge in [0.15, 0.2) is 5.88 Å². The molecule has 1 fully saturated rings. The van der Waals surface area contributed by atoms with Crippen LogP contribution < -0.4 is 10.2 Å². The Labute approximate surface area is 110 Å². The zero-order chi connectivity index (χ0) is 13.0. The molecule has 2 heterocycles. The van der Waals surface area contributed by atoms with Gasteiger partial charge in [-0.15, -0.1) is 0 Å². The molecule has 0 bridgehead atoms. The third-order valence-electron chi connectivity index (χ3n) is 3.77. The second-order valence-electron chi connectivity index (χ2n) is 5.12. The summed E-state index contributed by atoms with van der Waals surface area (Å²) in [7, 11) is 1.98. The maximum Gasteiger partial charge on any atom is 0.196 e. The average Bonchev–Trinajstić information content (AvgIpc) is 2.87. The molecule has 1 aromatic rings. The summed E-state index contributed by atoms with van der Waals surface area (Å²) in [5, 5.41) is 3.23. The first-order chi connectivity index (χ1) is 8.70. The van der Waals surface area contributed by atoms with Crippen molar-refractivity contribution in [1.29, 1.82) is 0 Å². The predicted octanol–water partition coefficient (Wildman–Crippen LogP) is 3.28. The third kappa shape index (κ3) is 3.16. The van der Waals surface area contributed by atoms with Gasteiger partial charge in [-0.25, -0.2) is 0 Å². The van der Waals surface area contributed by atoms with Gasteiger partial charge in [0.2, 0.25) is 0 Å². The lowest BCUT2D eigenvalue weighted by Gasteiger charge is -2.25. The third-order valence-corrected chi connectivity index (χ3v) is 3.77. The molecule has 0 amide bonds. The topological polar surface area (TPSA) is 28.4 Å². The van der Waals surface area contributed by atoms with E-state index >= 15 is 0 Å². The van der Waals surface area contributed by atoms with Crippen LogP contribution in [0.2, 0.25) is 0 Å². The van der Waals surface area contributed by atoms with Crippen molar-refractivity contribution in [3.63, 3.8) is 0 Å². The molecule has 2 rings (SSSR count). The summed E-state index contributed by atoms with van der Waals surface area (Å²) in [6.07, 6.45) is 6.03. The van der Waals surface area contributed by atoms with E-state index in [-0.39, 0.29) is 0 Å². The summed E-state index contributed by atoms with van der Waals surface area (Å²) in [6, 6.07) is 4.54. The first-order valence-corrected chi connectivity index (χ1v) is 6.91. The maximum atomic E-state index is 5.91. The number of anilines is 1. The van der Waals surface area contributed by atoms with Gasteiger partial charge in [0.25, 0.3) is 0 Å². The quantitative estimate of drug-likeness (QED) is 0.886. The fourth-order valence-electron chi connectivity index (χ4n) is 2.28. The van der Waals surface area contributed by atoms with Crippen molar-refractivity contribution in [2.24, 2.45) is 0 Å². The summed E-state index contributed by atoms with van der Waals surface area (Å²) in [4.78, 5) is 2.34. The molecule has 3 heteroatoms. The summed E-state index contributed by atoms with van der Waals surface area (Å²) < 4.78 is 5.91. The number of nitrogens with one attached hydrogen (secondary N) is 1. The molecule has 0 aromatic carbocycles. The minimum absolute atomic E-state index is 0.383. The Morgan fingerprint density at radius 3 is 2.72 bits per heavy atom. The second kappa shape index (κ2) is 6.10. The molecule has 0 radical (unpaired) electrons. The molecule has 0 saturated carbocycles. The number of hydrogen-bond acceptors (Lipinski definition) is 3. The Morgan fingerprint density at radius 1 is 1.33 bits per heavy atom. The zero-order valence-electron chi connectivity index (χ0n) is 11.7. The normalized spacial score (nSPS) is 19.1. The highest BCUT2D eigenvalue weighted by atomic mass is 16.4. The molecule has 18 heavy (non-hydrogen) atoms. The van der Waals surface area contributed by atoms with E-state index in [1.165, 1.54) is 24.8 Å². The van der Waals surface area contributed by atoms with E-state index in [1.54, 1.807) is 0 Å². The lowest BCUT2D eigenvalue weighted by molar-refractivity contribution is 0.495. The summed E-state index contributed by atoms with van der Waals surface area (Å²) in [5.41, 5.74) is 1.29. The van der Waals surface area contributed by atoms with Crippen LogP contribution in [0.5, 0.6) is 0 Å². The Bertz CT molecular complexity index is 402. The van der Waals surface area contributed by atoms with Crippen molar-refractivity contribution in [3.05, 3.63) is 23.5 Å². The highest BCUT2D eigenvalue weighted by molar-refractivity contribution is 5.52. The first-order valence-electron chi connectivity index (χ1n) is 6.91. The number of furan rings is 1. The standard InChI is InChI=1S/C15H24N2O/c1-12(13(2)16-3)11-14-7-8-15(18-14)17-9-5-4-6-10-17/h7-8,11,13,16H,4-6,9-10H2,1-3H3/b12-11+. The highest BCUT2D eigenvalue weighted by Gasteiger charge is 2.14. The molecule has 1 N–H and O–H groups in total. The first kappa shape index (κ1) is 13.2. The minimum Gasteiger partial charge on any atom is -0.441 e. The fraction of sp³-hybridized carbons (Fsp3) is 0.600. The number of rotatable bonds is 4. The molecule has 100 valence electrons. The molecular weight excluding hydrogens is 224 g/mol. The Balaban J connectivity index is 2.05. The van der Waals surface area contributed by atoms with Crippen LogP contribution in [0.15, 0.2) is 22.1 Å². The Morgan fingerprint density at radius 2 is 2.06 bits per heavy atom. The fourth-order valence-corrected chi connectivity index (χ4v) is 2.28. The molecule has 0 aliphatic carbocycles. The van der Waals surface area contributed by atoms with Gasteiger partial charge in [-0.2, -0.15) is 0 Å². The van der Waals surface area contributed by atoms with Crippen molar-refractivity contribution < 1.29 is 4.42 Å². The largest absolute Gasteiger partial charge is 0.441 e. The number of nitrogens with zero attached hydrogens (tertiary/aromatic N) is 1. The minimum atomic E-state index is 0.383. The van der Waals surface area contributed by atoms with Crippen molar-refractivity contribution in [2.45, 2.75) is 39.2 Å². The lowest BCUT2D eigenvalue weighted by Crippen LogP contribution is -2.28. The number of piperidine rings is 1. The number of hydrogen-bond donors (Lipinski definition) is 1. The van der Waals surface area contributed by atoms with Crippen LogP contribution in [-0.2, 0) is 0 Å².